The Bertz CT molecular complexity index is 1240. The minimum absolute atomic E-state index is 0.270. The number of rotatable bonds is 5. The van der Waals surface area contributed by atoms with Crippen molar-refractivity contribution in [3.05, 3.63) is 101 Å². The molecule has 31 heavy (non-hydrogen) atoms. The summed E-state index contributed by atoms with van der Waals surface area (Å²) in [5, 5.41) is 3.40. The van der Waals surface area contributed by atoms with Crippen LogP contribution in [0.3, 0.4) is 0 Å². The number of amides is 1. The third-order valence-corrected chi connectivity index (χ3v) is 7.36. The Hall–Kier alpha value is -2.93. The summed E-state index contributed by atoms with van der Waals surface area (Å²) >= 11 is 6.11. The summed E-state index contributed by atoms with van der Waals surface area (Å²) < 4.78 is 27.4. The largest absolute Gasteiger partial charge is 0.323 e. The minimum atomic E-state index is -3.56. The van der Waals surface area contributed by atoms with Crippen LogP contribution in [0.2, 0.25) is 5.02 Å². The maximum absolute atomic E-state index is 12.9. The maximum atomic E-state index is 12.9. The summed E-state index contributed by atoms with van der Waals surface area (Å²) in [4.78, 5) is 12.6. The SMILES string of the molecule is O=C(/C=C/c1ccccc1Cl)Nc1ccc2c(c1)CN(S(=O)(=O)c1ccccc1)CC2. The molecule has 0 aliphatic carbocycles. The second-order valence-electron chi connectivity index (χ2n) is 7.23. The number of fused-ring (bicyclic) bond motifs is 1. The molecule has 158 valence electrons. The molecule has 0 fully saturated rings. The van der Waals surface area contributed by atoms with Crippen LogP contribution in [-0.2, 0) is 27.8 Å². The van der Waals surface area contributed by atoms with Gasteiger partial charge in [0, 0.05) is 29.9 Å². The topological polar surface area (TPSA) is 66.5 Å². The normalized spacial score (nSPS) is 14.4. The second kappa shape index (κ2) is 9.06. The number of carbonyl (C=O) groups is 1. The average Bonchev–Trinajstić information content (AvgIpc) is 2.78. The van der Waals surface area contributed by atoms with Crippen LogP contribution in [0.1, 0.15) is 16.7 Å². The number of hydrogen-bond donors (Lipinski definition) is 1. The van der Waals surface area contributed by atoms with Gasteiger partial charge >= 0.3 is 0 Å². The van der Waals surface area contributed by atoms with Gasteiger partial charge in [-0.05, 0) is 59.5 Å². The van der Waals surface area contributed by atoms with E-state index in [1.165, 1.54) is 10.4 Å². The fourth-order valence-corrected chi connectivity index (χ4v) is 5.15. The molecular weight excluding hydrogens is 432 g/mol. The summed E-state index contributed by atoms with van der Waals surface area (Å²) in [7, 11) is -3.56. The summed E-state index contributed by atoms with van der Waals surface area (Å²) in [5.74, 6) is -0.288. The van der Waals surface area contributed by atoms with Crippen molar-refractivity contribution < 1.29 is 13.2 Å². The third-order valence-electron chi connectivity index (χ3n) is 5.15. The van der Waals surface area contributed by atoms with Crippen molar-refractivity contribution in [2.45, 2.75) is 17.9 Å². The van der Waals surface area contributed by atoms with Crippen molar-refractivity contribution in [2.75, 3.05) is 11.9 Å². The number of benzene rings is 3. The van der Waals surface area contributed by atoms with Gasteiger partial charge in [-0.1, -0.05) is 54.1 Å². The molecule has 0 atom stereocenters. The molecule has 3 aromatic carbocycles. The van der Waals surface area contributed by atoms with Crippen LogP contribution in [0.4, 0.5) is 5.69 Å². The zero-order valence-electron chi connectivity index (χ0n) is 16.7. The molecule has 4 rings (SSSR count). The van der Waals surface area contributed by atoms with Gasteiger partial charge in [-0.2, -0.15) is 4.31 Å². The zero-order valence-corrected chi connectivity index (χ0v) is 18.2. The van der Waals surface area contributed by atoms with Crippen LogP contribution in [0.5, 0.6) is 0 Å². The number of sulfonamides is 1. The molecule has 1 aliphatic heterocycles. The van der Waals surface area contributed by atoms with Gasteiger partial charge in [0.2, 0.25) is 15.9 Å². The summed E-state index contributed by atoms with van der Waals surface area (Å²) in [5.41, 5.74) is 3.35. The second-order valence-corrected chi connectivity index (χ2v) is 9.57. The molecule has 0 saturated carbocycles. The van der Waals surface area contributed by atoms with Crippen LogP contribution in [0, 0.1) is 0 Å². The molecule has 0 saturated heterocycles. The number of hydrogen-bond acceptors (Lipinski definition) is 3. The molecule has 0 unspecified atom stereocenters. The highest BCUT2D eigenvalue weighted by atomic mass is 35.5. The third kappa shape index (κ3) is 4.88. The Balaban J connectivity index is 1.48. The summed E-state index contributed by atoms with van der Waals surface area (Å²) in [6, 6.07) is 21.3. The van der Waals surface area contributed by atoms with E-state index in [1.807, 2.05) is 36.4 Å². The van der Waals surface area contributed by atoms with E-state index in [0.29, 0.717) is 23.7 Å². The van der Waals surface area contributed by atoms with Crippen molar-refractivity contribution in [3.63, 3.8) is 0 Å². The molecular formula is C24H21ClN2O3S. The first kappa shape index (κ1) is 21.3. The first-order chi connectivity index (χ1) is 14.9. The highest BCUT2D eigenvalue weighted by Crippen LogP contribution is 2.27. The lowest BCUT2D eigenvalue weighted by atomic mass is 10.0. The first-order valence-corrected chi connectivity index (χ1v) is 11.7. The van der Waals surface area contributed by atoms with Crippen LogP contribution in [-0.4, -0.2) is 25.2 Å². The molecule has 1 amide bonds. The van der Waals surface area contributed by atoms with E-state index in [1.54, 1.807) is 42.5 Å². The van der Waals surface area contributed by atoms with Gasteiger partial charge in [0.1, 0.15) is 0 Å². The van der Waals surface area contributed by atoms with Crippen LogP contribution < -0.4 is 5.32 Å². The molecule has 1 N–H and O–H groups in total. The average molecular weight is 453 g/mol. The molecule has 5 nitrogen and oxygen atoms in total. The number of carbonyl (C=O) groups excluding carboxylic acids is 1. The lowest BCUT2D eigenvalue weighted by Crippen LogP contribution is -2.36. The number of nitrogens with zero attached hydrogens (tertiary/aromatic N) is 1. The van der Waals surface area contributed by atoms with E-state index in [-0.39, 0.29) is 17.3 Å². The summed E-state index contributed by atoms with van der Waals surface area (Å²) in [6.45, 7) is 0.697. The fourth-order valence-electron chi connectivity index (χ4n) is 3.52. The van der Waals surface area contributed by atoms with E-state index < -0.39 is 10.0 Å². The van der Waals surface area contributed by atoms with Crippen LogP contribution >= 0.6 is 11.6 Å². The van der Waals surface area contributed by atoms with E-state index in [0.717, 1.165) is 16.7 Å². The standard InChI is InChI=1S/C24H21ClN2O3S/c25-23-9-5-4-6-19(23)11-13-24(28)26-21-12-10-18-14-15-27(17-20(18)16-21)31(29,30)22-7-2-1-3-8-22/h1-13,16H,14-15,17H2,(H,26,28)/b13-11+. The van der Waals surface area contributed by atoms with E-state index in [2.05, 4.69) is 5.32 Å². The van der Waals surface area contributed by atoms with Gasteiger partial charge in [0.05, 0.1) is 4.90 Å². The number of nitrogens with one attached hydrogen (secondary N) is 1. The van der Waals surface area contributed by atoms with Gasteiger partial charge in [-0.15, -0.1) is 0 Å². The minimum Gasteiger partial charge on any atom is -0.323 e. The molecule has 7 heteroatoms. The maximum Gasteiger partial charge on any atom is 0.248 e. The summed E-state index contributed by atoms with van der Waals surface area (Å²) in [6.07, 6.45) is 3.71. The van der Waals surface area contributed by atoms with Crippen LogP contribution in [0.15, 0.2) is 83.8 Å². The van der Waals surface area contributed by atoms with Gasteiger partial charge in [0.15, 0.2) is 0 Å². The first-order valence-electron chi connectivity index (χ1n) is 9.84. The molecule has 1 heterocycles. The molecule has 3 aromatic rings. The molecule has 1 aliphatic rings. The Kier molecular flexibility index (Phi) is 6.23. The quantitative estimate of drug-likeness (QED) is 0.568. The molecule has 0 radical (unpaired) electrons. The van der Waals surface area contributed by atoms with Gasteiger partial charge < -0.3 is 5.32 Å². The smallest absolute Gasteiger partial charge is 0.248 e. The predicted octanol–water partition coefficient (Wildman–Crippen LogP) is 4.74. The van der Waals surface area contributed by atoms with Gasteiger partial charge in [-0.3, -0.25) is 4.79 Å². The molecule has 0 spiro atoms. The van der Waals surface area contributed by atoms with E-state index in [4.69, 9.17) is 11.6 Å². The Morgan fingerprint density at radius 1 is 0.968 bits per heavy atom. The Labute approximate surface area is 187 Å². The van der Waals surface area contributed by atoms with Gasteiger partial charge in [0.25, 0.3) is 0 Å². The predicted molar refractivity (Wildman–Crippen MR) is 123 cm³/mol. The highest BCUT2D eigenvalue weighted by Gasteiger charge is 2.28. The monoisotopic (exact) mass is 452 g/mol. The van der Waals surface area contributed by atoms with Gasteiger partial charge in [-0.25, -0.2) is 8.42 Å². The fraction of sp³-hybridized carbons (Fsp3) is 0.125. The molecule has 0 bridgehead atoms. The van der Waals surface area contributed by atoms with Crippen molar-refractivity contribution >= 4 is 39.3 Å². The number of halogens is 1. The lowest BCUT2D eigenvalue weighted by Gasteiger charge is -2.28. The highest BCUT2D eigenvalue weighted by molar-refractivity contribution is 7.89. The lowest BCUT2D eigenvalue weighted by molar-refractivity contribution is -0.111. The Morgan fingerprint density at radius 2 is 1.71 bits per heavy atom. The van der Waals surface area contributed by atoms with Crippen molar-refractivity contribution in [1.29, 1.82) is 0 Å². The number of anilines is 1. The van der Waals surface area contributed by atoms with Crippen molar-refractivity contribution in [1.82, 2.24) is 4.31 Å². The zero-order chi connectivity index (χ0) is 21.8. The van der Waals surface area contributed by atoms with E-state index >= 15 is 0 Å². The van der Waals surface area contributed by atoms with Crippen molar-refractivity contribution in [3.8, 4) is 0 Å². The Morgan fingerprint density at radius 3 is 2.48 bits per heavy atom. The molecule has 0 aromatic heterocycles. The van der Waals surface area contributed by atoms with Crippen LogP contribution in [0.25, 0.3) is 6.08 Å². The van der Waals surface area contributed by atoms with E-state index in [9.17, 15) is 13.2 Å². The van der Waals surface area contributed by atoms with Crippen molar-refractivity contribution in [2.24, 2.45) is 0 Å².